The quantitative estimate of drug-likeness (QED) is 0.775. The van der Waals surface area contributed by atoms with Crippen molar-refractivity contribution in [1.82, 2.24) is 9.78 Å². The van der Waals surface area contributed by atoms with Crippen LogP contribution in [0, 0.1) is 0 Å². The number of aromatic carboxylic acids is 1. The molecule has 0 spiro atoms. The number of halogens is 1. The highest BCUT2D eigenvalue weighted by Crippen LogP contribution is 2.36. The number of carboxylic acid groups (broad SMARTS) is 1. The minimum atomic E-state index is -0.961. The number of nitrogens with zero attached hydrogens (tertiary/aromatic N) is 2. The number of fused-ring (bicyclic) bond motifs is 3. The second-order valence-electron chi connectivity index (χ2n) is 5.55. The molecular weight excluding hydrogens is 312 g/mol. The Bertz CT molecular complexity index is 931. The van der Waals surface area contributed by atoms with Gasteiger partial charge in [0.15, 0.2) is 0 Å². The standard InChI is InChI=1S/C18H13ClN2O2/c19-13-7-8-14-11(9-13)5-6-12-10-20-21(17(12)14)16-4-2-1-3-15(16)18(22)23/h1-4,7-10H,5-6H2,(H,22,23). The average Bonchev–Trinajstić information content (AvgIpc) is 2.98. The summed E-state index contributed by atoms with van der Waals surface area (Å²) in [5.74, 6) is -0.961. The van der Waals surface area contributed by atoms with Crippen molar-refractivity contribution in [2.75, 3.05) is 0 Å². The van der Waals surface area contributed by atoms with Gasteiger partial charge in [-0.25, -0.2) is 9.48 Å². The Hall–Kier alpha value is -2.59. The highest BCUT2D eigenvalue weighted by atomic mass is 35.5. The first kappa shape index (κ1) is 14.0. The number of para-hydroxylation sites is 1. The van der Waals surface area contributed by atoms with Gasteiger partial charge in [0.05, 0.1) is 23.1 Å². The van der Waals surface area contributed by atoms with Gasteiger partial charge in [0.1, 0.15) is 0 Å². The van der Waals surface area contributed by atoms with Crippen LogP contribution in [0.1, 0.15) is 21.5 Å². The summed E-state index contributed by atoms with van der Waals surface area (Å²) in [6.07, 6.45) is 3.61. The number of carboxylic acids is 1. The molecule has 1 N–H and O–H groups in total. The maximum absolute atomic E-state index is 11.5. The van der Waals surface area contributed by atoms with E-state index in [0.717, 1.165) is 29.7 Å². The Morgan fingerprint density at radius 3 is 2.74 bits per heavy atom. The summed E-state index contributed by atoms with van der Waals surface area (Å²) in [5.41, 5.74) is 5.12. The van der Waals surface area contributed by atoms with Crippen LogP contribution in [0.5, 0.6) is 0 Å². The Kier molecular flexibility index (Phi) is 3.20. The first-order valence-corrected chi connectivity index (χ1v) is 7.71. The lowest BCUT2D eigenvalue weighted by atomic mass is 9.90. The summed E-state index contributed by atoms with van der Waals surface area (Å²) in [7, 11) is 0. The highest BCUT2D eigenvalue weighted by molar-refractivity contribution is 6.30. The number of hydrogen-bond donors (Lipinski definition) is 1. The van der Waals surface area contributed by atoms with Crippen molar-refractivity contribution in [2.45, 2.75) is 12.8 Å². The Morgan fingerprint density at radius 1 is 1.13 bits per heavy atom. The van der Waals surface area contributed by atoms with E-state index >= 15 is 0 Å². The van der Waals surface area contributed by atoms with Gasteiger partial charge in [-0.1, -0.05) is 29.8 Å². The summed E-state index contributed by atoms with van der Waals surface area (Å²) >= 11 is 6.10. The van der Waals surface area contributed by atoms with E-state index in [2.05, 4.69) is 5.10 Å². The lowest BCUT2D eigenvalue weighted by Gasteiger charge is -2.19. The number of rotatable bonds is 2. The summed E-state index contributed by atoms with van der Waals surface area (Å²) in [6.45, 7) is 0. The molecular formula is C18H13ClN2O2. The third kappa shape index (κ3) is 2.23. The van der Waals surface area contributed by atoms with Crippen LogP contribution in [0.4, 0.5) is 0 Å². The molecule has 0 unspecified atom stereocenters. The van der Waals surface area contributed by atoms with E-state index < -0.39 is 5.97 Å². The van der Waals surface area contributed by atoms with Crippen LogP contribution >= 0.6 is 11.6 Å². The molecule has 1 aromatic heterocycles. The van der Waals surface area contributed by atoms with Crippen molar-refractivity contribution in [2.24, 2.45) is 0 Å². The van der Waals surface area contributed by atoms with Crippen LogP contribution < -0.4 is 0 Å². The molecule has 4 nitrogen and oxygen atoms in total. The van der Waals surface area contributed by atoms with Crippen molar-refractivity contribution in [3.63, 3.8) is 0 Å². The number of aromatic nitrogens is 2. The van der Waals surface area contributed by atoms with Crippen LogP contribution in [0.2, 0.25) is 5.02 Å². The first-order chi connectivity index (χ1) is 11.1. The molecule has 0 aliphatic heterocycles. The third-order valence-corrected chi connectivity index (χ3v) is 4.43. The number of hydrogen-bond acceptors (Lipinski definition) is 2. The number of carbonyl (C=O) groups is 1. The summed E-state index contributed by atoms with van der Waals surface area (Å²) in [5, 5.41) is 14.6. The zero-order valence-electron chi connectivity index (χ0n) is 12.2. The molecule has 0 saturated heterocycles. The second kappa shape index (κ2) is 5.25. The molecule has 4 rings (SSSR count). The van der Waals surface area contributed by atoms with Crippen LogP contribution in [0.15, 0.2) is 48.7 Å². The number of aryl methyl sites for hydroxylation is 2. The summed E-state index contributed by atoms with van der Waals surface area (Å²) in [6, 6.07) is 12.7. The van der Waals surface area contributed by atoms with Crippen LogP contribution in [-0.2, 0) is 12.8 Å². The predicted molar refractivity (Wildman–Crippen MR) is 88.4 cm³/mol. The van der Waals surface area contributed by atoms with Gasteiger partial charge in [-0.2, -0.15) is 5.10 Å². The third-order valence-electron chi connectivity index (χ3n) is 4.19. The van der Waals surface area contributed by atoms with Crippen molar-refractivity contribution >= 4 is 17.6 Å². The summed E-state index contributed by atoms with van der Waals surface area (Å²) < 4.78 is 1.73. The monoisotopic (exact) mass is 324 g/mol. The predicted octanol–water partition coefficient (Wildman–Crippen LogP) is 3.99. The van der Waals surface area contributed by atoms with E-state index in [0.29, 0.717) is 10.7 Å². The molecule has 1 aliphatic rings. The molecule has 0 amide bonds. The molecule has 0 saturated carbocycles. The SMILES string of the molecule is O=C(O)c1ccccc1-n1ncc2c1-c1ccc(Cl)cc1CC2. The van der Waals surface area contributed by atoms with Gasteiger partial charge < -0.3 is 5.11 Å². The van der Waals surface area contributed by atoms with Gasteiger partial charge in [-0.15, -0.1) is 0 Å². The normalized spacial score (nSPS) is 12.6. The van der Waals surface area contributed by atoms with Gasteiger partial charge in [-0.05, 0) is 48.2 Å². The van der Waals surface area contributed by atoms with Gasteiger partial charge >= 0.3 is 5.97 Å². The fraction of sp³-hybridized carbons (Fsp3) is 0.111. The highest BCUT2D eigenvalue weighted by Gasteiger charge is 2.23. The molecule has 2 aromatic carbocycles. The van der Waals surface area contributed by atoms with E-state index in [1.165, 1.54) is 5.56 Å². The molecule has 0 radical (unpaired) electrons. The van der Waals surface area contributed by atoms with Crippen LogP contribution in [0.25, 0.3) is 16.9 Å². The van der Waals surface area contributed by atoms with Crippen molar-refractivity contribution < 1.29 is 9.90 Å². The topological polar surface area (TPSA) is 55.1 Å². The molecule has 0 fully saturated rings. The molecule has 1 aliphatic carbocycles. The molecule has 0 atom stereocenters. The van der Waals surface area contributed by atoms with Crippen LogP contribution in [0.3, 0.4) is 0 Å². The van der Waals surface area contributed by atoms with Crippen molar-refractivity contribution in [1.29, 1.82) is 0 Å². The minimum Gasteiger partial charge on any atom is -0.478 e. The molecule has 0 bridgehead atoms. The summed E-state index contributed by atoms with van der Waals surface area (Å²) in [4.78, 5) is 11.5. The maximum atomic E-state index is 11.5. The first-order valence-electron chi connectivity index (χ1n) is 7.33. The zero-order chi connectivity index (χ0) is 16.0. The fourth-order valence-corrected chi connectivity index (χ4v) is 3.34. The second-order valence-corrected chi connectivity index (χ2v) is 5.99. The van der Waals surface area contributed by atoms with E-state index in [9.17, 15) is 9.90 Å². The van der Waals surface area contributed by atoms with Crippen molar-refractivity contribution in [3.05, 3.63) is 70.4 Å². The van der Waals surface area contributed by atoms with Crippen molar-refractivity contribution in [3.8, 4) is 16.9 Å². The minimum absolute atomic E-state index is 0.236. The molecule has 23 heavy (non-hydrogen) atoms. The molecule has 1 heterocycles. The lowest BCUT2D eigenvalue weighted by Crippen LogP contribution is -2.10. The Balaban J connectivity index is 1.97. The Morgan fingerprint density at radius 2 is 1.91 bits per heavy atom. The van der Waals surface area contributed by atoms with Gasteiger partial charge in [0.25, 0.3) is 0 Å². The van der Waals surface area contributed by atoms with E-state index in [4.69, 9.17) is 11.6 Å². The fourth-order valence-electron chi connectivity index (χ4n) is 3.14. The largest absolute Gasteiger partial charge is 0.478 e. The maximum Gasteiger partial charge on any atom is 0.337 e. The van der Waals surface area contributed by atoms with Crippen LogP contribution in [-0.4, -0.2) is 20.9 Å². The van der Waals surface area contributed by atoms with E-state index in [1.54, 1.807) is 22.9 Å². The smallest absolute Gasteiger partial charge is 0.337 e. The van der Waals surface area contributed by atoms with E-state index in [-0.39, 0.29) is 5.56 Å². The zero-order valence-corrected chi connectivity index (χ0v) is 12.9. The molecule has 3 aromatic rings. The lowest BCUT2D eigenvalue weighted by molar-refractivity contribution is 0.0697. The van der Waals surface area contributed by atoms with E-state index in [1.807, 2.05) is 30.5 Å². The van der Waals surface area contributed by atoms with Gasteiger partial charge in [-0.3, -0.25) is 0 Å². The Labute approximate surface area is 138 Å². The average molecular weight is 325 g/mol. The molecule has 5 heteroatoms. The molecule has 114 valence electrons. The number of benzene rings is 2. The van der Waals surface area contributed by atoms with Gasteiger partial charge in [0, 0.05) is 10.6 Å². The van der Waals surface area contributed by atoms with Gasteiger partial charge in [0.2, 0.25) is 0 Å².